The lowest BCUT2D eigenvalue weighted by Gasteiger charge is -2.33. The summed E-state index contributed by atoms with van der Waals surface area (Å²) in [5.74, 6) is -0.235. The van der Waals surface area contributed by atoms with Crippen LogP contribution in [0.25, 0.3) is 10.9 Å². The van der Waals surface area contributed by atoms with Crippen LogP contribution in [0.5, 0.6) is 0 Å². The highest BCUT2D eigenvalue weighted by molar-refractivity contribution is 5.92. The van der Waals surface area contributed by atoms with Crippen molar-refractivity contribution in [3.63, 3.8) is 0 Å². The number of hydrogen-bond donors (Lipinski definition) is 0. The van der Waals surface area contributed by atoms with Gasteiger partial charge in [-0.25, -0.2) is 9.37 Å². The molecule has 0 saturated carbocycles. The van der Waals surface area contributed by atoms with Crippen LogP contribution in [0, 0.1) is 12.7 Å². The number of hydrogen-bond acceptors (Lipinski definition) is 4. The average molecular weight is 343 g/mol. The summed E-state index contributed by atoms with van der Waals surface area (Å²) in [5, 5.41) is 0.921. The summed E-state index contributed by atoms with van der Waals surface area (Å²) in [7, 11) is 0. The van der Waals surface area contributed by atoms with Crippen molar-refractivity contribution in [1.82, 2.24) is 9.88 Å². The maximum atomic E-state index is 14.2. The molecule has 0 bridgehead atoms. The first-order chi connectivity index (χ1) is 12.2. The molecule has 2 aliphatic rings. The highest BCUT2D eigenvalue weighted by Gasteiger charge is 2.25. The molecule has 0 atom stereocenters. The fourth-order valence-corrected chi connectivity index (χ4v) is 4.18. The van der Waals surface area contributed by atoms with Crippen molar-refractivity contribution < 1.29 is 9.13 Å². The minimum absolute atomic E-state index is 0.235. The van der Waals surface area contributed by atoms with Crippen LogP contribution in [0.1, 0.15) is 25.0 Å². The Bertz CT molecular complexity index is 745. The molecule has 0 aliphatic carbocycles. The SMILES string of the molecule is Cc1cc(N2CCCN(C3CCOCC3)CC2)c2cccc(F)c2n1. The molecule has 5 heteroatoms. The first kappa shape index (κ1) is 16.7. The Morgan fingerprint density at radius 3 is 2.80 bits per heavy atom. The molecule has 0 radical (unpaired) electrons. The van der Waals surface area contributed by atoms with Crippen LogP contribution >= 0.6 is 0 Å². The van der Waals surface area contributed by atoms with E-state index in [0.717, 1.165) is 75.4 Å². The van der Waals surface area contributed by atoms with Gasteiger partial charge in [0.15, 0.2) is 0 Å². The van der Waals surface area contributed by atoms with Gasteiger partial charge in [-0.15, -0.1) is 0 Å². The monoisotopic (exact) mass is 343 g/mol. The number of benzene rings is 1. The second-order valence-electron chi connectivity index (χ2n) is 7.14. The zero-order valence-corrected chi connectivity index (χ0v) is 14.9. The molecule has 2 aliphatic heterocycles. The van der Waals surface area contributed by atoms with Gasteiger partial charge >= 0.3 is 0 Å². The van der Waals surface area contributed by atoms with Gasteiger partial charge in [-0.3, -0.25) is 4.90 Å². The molecule has 4 nitrogen and oxygen atoms in total. The van der Waals surface area contributed by atoms with E-state index < -0.39 is 0 Å². The number of fused-ring (bicyclic) bond motifs is 1. The third-order valence-electron chi connectivity index (χ3n) is 5.47. The average Bonchev–Trinajstić information content (AvgIpc) is 2.89. The molecular weight excluding hydrogens is 317 g/mol. The van der Waals surface area contributed by atoms with Crippen molar-refractivity contribution in [2.75, 3.05) is 44.3 Å². The molecule has 0 spiro atoms. The van der Waals surface area contributed by atoms with E-state index in [2.05, 4.69) is 20.9 Å². The Labute approximate surface area is 148 Å². The van der Waals surface area contributed by atoms with Crippen LogP contribution in [0.2, 0.25) is 0 Å². The lowest BCUT2D eigenvalue weighted by atomic mass is 10.1. The fraction of sp³-hybridized carbons (Fsp3) is 0.550. The summed E-state index contributed by atoms with van der Waals surface area (Å²) in [4.78, 5) is 9.45. The first-order valence-corrected chi connectivity index (χ1v) is 9.35. The van der Waals surface area contributed by atoms with Gasteiger partial charge in [0.05, 0.1) is 0 Å². The topological polar surface area (TPSA) is 28.6 Å². The molecular formula is C20H26FN3O. The van der Waals surface area contributed by atoms with Gasteiger partial charge in [-0.2, -0.15) is 0 Å². The van der Waals surface area contributed by atoms with Gasteiger partial charge in [0.1, 0.15) is 11.3 Å². The van der Waals surface area contributed by atoms with Crippen molar-refractivity contribution >= 4 is 16.6 Å². The lowest BCUT2D eigenvalue weighted by Crippen LogP contribution is -2.41. The summed E-state index contributed by atoms with van der Waals surface area (Å²) in [6.45, 7) is 7.90. The predicted molar refractivity (Wildman–Crippen MR) is 98.7 cm³/mol. The summed E-state index contributed by atoms with van der Waals surface area (Å²) >= 11 is 0. The zero-order chi connectivity index (χ0) is 17.2. The summed E-state index contributed by atoms with van der Waals surface area (Å²) in [6.07, 6.45) is 3.42. The minimum atomic E-state index is -0.235. The Hall–Kier alpha value is -1.72. The highest BCUT2D eigenvalue weighted by atomic mass is 19.1. The zero-order valence-electron chi connectivity index (χ0n) is 14.9. The van der Waals surface area contributed by atoms with Gasteiger partial charge < -0.3 is 9.64 Å². The van der Waals surface area contributed by atoms with Crippen LogP contribution in [0.3, 0.4) is 0 Å². The van der Waals surface area contributed by atoms with Crippen LogP contribution in [0.15, 0.2) is 24.3 Å². The van der Waals surface area contributed by atoms with Gasteiger partial charge in [0.25, 0.3) is 0 Å². The number of halogens is 1. The summed E-state index contributed by atoms with van der Waals surface area (Å²) in [5.41, 5.74) is 2.48. The van der Waals surface area contributed by atoms with Crippen LogP contribution < -0.4 is 4.90 Å². The second-order valence-corrected chi connectivity index (χ2v) is 7.14. The molecule has 2 saturated heterocycles. The standard InChI is InChI=1S/C20H26FN3O/c1-15-14-19(17-4-2-5-18(21)20(17)22-15)24-9-3-8-23(10-11-24)16-6-12-25-13-7-16/h2,4-5,14,16H,3,6-13H2,1H3. The Kier molecular flexibility index (Phi) is 4.86. The molecule has 25 heavy (non-hydrogen) atoms. The molecule has 2 aromatic rings. The molecule has 0 unspecified atom stereocenters. The highest BCUT2D eigenvalue weighted by Crippen LogP contribution is 2.29. The number of aryl methyl sites for hydroxylation is 1. The minimum Gasteiger partial charge on any atom is -0.381 e. The summed E-state index contributed by atoms with van der Waals surface area (Å²) < 4.78 is 19.7. The van der Waals surface area contributed by atoms with Crippen molar-refractivity contribution in [3.8, 4) is 0 Å². The Morgan fingerprint density at radius 2 is 1.96 bits per heavy atom. The molecule has 2 fully saturated rings. The van der Waals surface area contributed by atoms with E-state index in [0.29, 0.717) is 11.6 Å². The number of rotatable bonds is 2. The largest absolute Gasteiger partial charge is 0.381 e. The third kappa shape index (κ3) is 3.48. The molecule has 4 rings (SSSR count). The van der Waals surface area contributed by atoms with Crippen LogP contribution in [0.4, 0.5) is 10.1 Å². The maximum absolute atomic E-state index is 14.2. The van der Waals surface area contributed by atoms with E-state index in [1.54, 1.807) is 6.07 Å². The quantitative estimate of drug-likeness (QED) is 0.836. The fourth-order valence-electron chi connectivity index (χ4n) is 4.18. The Morgan fingerprint density at radius 1 is 1.12 bits per heavy atom. The second kappa shape index (κ2) is 7.26. The van der Waals surface area contributed by atoms with Gasteiger partial charge in [0, 0.05) is 62.2 Å². The molecule has 0 amide bonds. The molecule has 0 N–H and O–H groups in total. The predicted octanol–water partition coefficient (Wildman–Crippen LogP) is 3.37. The third-order valence-corrected chi connectivity index (χ3v) is 5.47. The number of ether oxygens (including phenoxy) is 1. The van der Waals surface area contributed by atoms with Gasteiger partial charge in [-0.1, -0.05) is 12.1 Å². The maximum Gasteiger partial charge on any atom is 0.149 e. The normalized spacial score (nSPS) is 20.8. The molecule has 134 valence electrons. The van der Waals surface area contributed by atoms with Gasteiger partial charge in [-0.05, 0) is 38.3 Å². The van der Waals surface area contributed by atoms with E-state index in [1.165, 1.54) is 6.07 Å². The lowest BCUT2D eigenvalue weighted by molar-refractivity contribution is 0.0365. The van der Waals surface area contributed by atoms with Crippen molar-refractivity contribution in [1.29, 1.82) is 0 Å². The smallest absolute Gasteiger partial charge is 0.149 e. The first-order valence-electron chi connectivity index (χ1n) is 9.35. The Balaban J connectivity index is 1.58. The van der Waals surface area contributed by atoms with Crippen LogP contribution in [-0.2, 0) is 4.74 Å². The number of pyridine rings is 1. The number of aromatic nitrogens is 1. The number of anilines is 1. The van der Waals surface area contributed by atoms with E-state index >= 15 is 0 Å². The van der Waals surface area contributed by atoms with Crippen molar-refractivity contribution in [2.45, 2.75) is 32.2 Å². The van der Waals surface area contributed by atoms with E-state index in [9.17, 15) is 4.39 Å². The molecule has 1 aromatic heterocycles. The van der Waals surface area contributed by atoms with Crippen molar-refractivity contribution in [2.24, 2.45) is 0 Å². The number of nitrogens with zero attached hydrogens (tertiary/aromatic N) is 3. The van der Waals surface area contributed by atoms with E-state index in [1.807, 2.05) is 13.0 Å². The van der Waals surface area contributed by atoms with Gasteiger partial charge in [0.2, 0.25) is 0 Å². The van der Waals surface area contributed by atoms with Crippen LogP contribution in [-0.4, -0.2) is 55.3 Å². The molecule has 3 heterocycles. The summed E-state index contributed by atoms with van der Waals surface area (Å²) in [6, 6.07) is 8.02. The van der Waals surface area contributed by atoms with E-state index in [-0.39, 0.29) is 5.82 Å². The molecule has 1 aromatic carbocycles. The van der Waals surface area contributed by atoms with E-state index in [4.69, 9.17) is 4.74 Å². The number of para-hydroxylation sites is 1. The van der Waals surface area contributed by atoms with Crippen molar-refractivity contribution in [3.05, 3.63) is 35.8 Å².